The third-order valence-electron chi connectivity index (χ3n) is 7.26. The van der Waals surface area contributed by atoms with E-state index in [1.165, 1.54) is 12.1 Å². The number of carbonyl (C=O) groups is 4. The van der Waals surface area contributed by atoms with Gasteiger partial charge in [0.1, 0.15) is 18.9 Å². The van der Waals surface area contributed by atoms with Gasteiger partial charge in [0.15, 0.2) is 11.6 Å². The van der Waals surface area contributed by atoms with Gasteiger partial charge in [-0.1, -0.05) is 28.1 Å². The van der Waals surface area contributed by atoms with Crippen LogP contribution in [-0.4, -0.2) is 45.2 Å². The highest BCUT2D eigenvalue weighted by Gasteiger charge is 2.44. The lowest BCUT2D eigenvalue weighted by Gasteiger charge is -2.43. The molecular formula is C29H26BrNO7. The molecule has 0 atom stereocenters. The molecule has 9 heteroatoms. The van der Waals surface area contributed by atoms with Crippen LogP contribution in [-0.2, 0) is 21.0 Å². The number of nitrogens with zero attached hydrogens (tertiary/aromatic N) is 1. The van der Waals surface area contributed by atoms with Gasteiger partial charge in [0.2, 0.25) is 0 Å². The van der Waals surface area contributed by atoms with Gasteiger partial charge in [0.25, 0.3) is 0 Å². The fourth-order valence-electron chi connectivity index (χ4n) is 5.63. The third-order valence-corrected chi connectivity index (χ3v) is 7.75. The predicted octanol–water partition coefficient (Wildman–Crippen LogP) is 5.22. The molecule has 196 valence electrons. The molecule has 0 saturated carbocycles. The van der Waals surface area contributed by atoms with Crippen molar-refractivity contribution in [3.8, 4) is 5.75 Å². The van der Waals surface area contributed by atoms with Crippen LogP contribution in [0.1, 0.15) is 65.9 Å². The summed E-state index contributed by atoms with van der Waals surface area (Å²) >= 11 is 3.53. The van der Waals surface area contributed by atoms with Gasteiger partial charge in [0.05, 0.1) is 5.56 Å². The van der Waals surface area contributed by atoms with Crippen molar-refractivity contribution in [3.63, 3.8) is 0 Å². The Morgan fingerprint density at radius 1 is 0.895 bits per heavy atom. The molecule has 3 aliphatic rings. The first-order valence-corrected chi connectivity index (χ1v) is 13.3. The van der Waals surface area contributed by atoms with E-state index in [4.69, 9.17) is 9.84 Å². The van der Waals surface area contributed by atoms with Crippen molar-refractivity contribution >= 4 is 39.4 Å². The number of ketones is 2. The van der Waals surface area contributed by atoms with Gasteiger partial charge >= 0.3 is 11.9 Å². The zero-order valence-electron chi connectivity index (χ0n) is 20.5. The minimum Gasteiger partial charge on any atom is -0.489 e. The Bertz CT molecular complexity index is 1360. The number of rotatable bonds is 7. The summed E-state index contributed by atoms with van der Waals surface area (Å²) in [4.78, 5) is 51.5. The van der Waals surface area contributed by atoms with Crippen molar-refractivity contribution in [1.29, 1.82) is 0 Å². The van der Waals surface area contributed by atoms with Gasteiger partial charge in [-0.15, -0.1) is 0 Å². The van der Waals surface area contributed by atoms with Crippen LogP contribution in [0.15, 0.2) is 69.5 Å². The summed E-state index contributed by atoms with van der Waals surface area (Å²) in [6, 6.07) is 11.9. The number of halogens is 1. The largest absolute Gasteiger partial charge is 0.489 e. The fraction of sp³-hybridized carbons (Fsp3) is 0.310. The first kappa shape index (κ1) is 25.9. The van der Waals surface area contributed by atoms with E-state index in [-0.39, 0.29) is 30.3 Å². The number of allylic oxidation sites excluding steroid dienone is 4. The van der Waals surface area contributed by atoms with Crippen molar-refractivity contribution in [3.05, 3.63) is 86.2 Å². The second-order valence-corrected chi connectivity index (χ2v) is 10.6. The maximum atomic E-state index is 13.4. The van der Waals surface area contributed by atoms with Gasteiger partial charge in [-0.25, -0.2) is 4.79 Å². The molecule has 8 nitrogen and oxygen atoms in total. The zero-order chi connectivity index (χ0) is 27.0. The Balaban J connectivity index is 1.61. The summed E-state index contributed by atoms with van der Waals surface area (Å²) in [5, 5.41) is 18.8. The summed E-state index contributed by atoms with van der Waals surface area (Å²) in [5.41, 5.74) is 3.97. The number of carbonyl (C=O) groups excluding carboxylic acids is 2. The summed E-state index contributed by atoms with van der Waals surface area (Å²) in [5.74, 6) is -2.32. The van der Waals surface area contributed by atoms with E-state index in [2.05, 4.69) is 15.9 Å². The number of benzene rings is 2. The number of hydrogen-bond donors (Lipinski definition) is 2. The molecule has 0 saturated heterocycles. The van der Waals surface area contributed by atoms with Gasteiger partial charge < -0.3 is 19.8 Å². The lowest BCUT2D eigenvalue weighted by atomic mass is 9.70. The van der Waals surface area contributed by atoms with Gasteiger partial charge in [0, 0.05) is 51.3 Å². The topological polar surface area (TPSA) is 121 Å². The monoisotopic (exact) mass is 579 g/mol. The van der Waals surface area contributed by atoms with Crippen molar-refractivity contribution in [2.75, 3.05) is 6.54 Å². The van der Waals surface area contributed by atoms with Crippen LogP contribution in [0.3, 0.4) is 0 Å². The highest BCUT2D eigenvalue weighted by atomic mass is 79.9. The van der Waals surface area contributed by atoms with Gasteiger partial charge in [-0.05, 0) is 61.6 Å². The van der Waals surface area contributed by atoms with Crippen LogP contribution in [0.2, 0.25) is 0 Å². The predicted molar refractivity (Wildman–Crippen MR) is 141 cm³/mol. The van der Waals surface area contributed by atoms with Gasteiger partial charge in [-0.3, -0.25) is 14.4 Å². The van der Waals surface area contributed by atoms with E-state index in [1.54, 1.807) is 23.1 Å². The van der Waals surface area contributed by atoms with Crippen LogP contribution < -0.4 is 4.74 Å². The second-order valence-electron chi connectivity index (χ2n) is 9.66. The highest BCUT2D eigenvalue weighted by Crippen LogP contribution is 2.51. The highest BCUT2D eigenvalue weighted by molar-refractivity contribution is 9.10. The van der Waals surface area contributed by atoms with E-state index >= 15 is 0 Å². The molecule has 38 heavy (non-hydrogen) atoms. The van der Waals surface area contributed by atoms with E-state index < -0.39 is 17.9 Å². The SMILES string of the molecule is O=C(O)CN1C2=C(C(=O)CCC2)C(c2cc(Br)ccc2OCc2ccc(C(=O)O)cc2)C2=C1CCCC2=O. The standard InChI is InChI=1S/C29H26BrNO7/c30-18-11-12-24(38-15-16-7-9-17(10-8-16)29(36)37)19(13-18)26-27-20(3-1-5-22(27)32)31(14-25(34)35)21-4-2-6-23(33)28(21)26/h7-13,26H,1-6,14-15H2,(H,34,35)(H,36,37). The summed E-state index contributed by atoms with van der Waals surface area (Å²) < 4.78 is 6.97. The minimum absolute atomic E-state index is 0.0771. The summed E-state index contributed by atoms with van der Waals surface area (Å²) in [6.07, 6.45) is 3.07. The minimum atomic E-state index is -1.02. The van der Waals surface area contributed by atoms with E-state index in [1.807, 2.05) is 12.1 Å². The lowest BCUT2D eigenvalue weighted by Crippen LogP contribution is -2.41. The van der Waals surface area contributed by atoms with E-state index in [0.29, 0.717) is 72.4 Å². The maximum absolute atomic E-state index is 13.4. The molecule has 0 unspecified atom stereocenters. The molecule has 1 aliphatic heterocycles. The molecule has 0 radical (unpaired) electrons. The molecule has 0 bridgehead atoms. The number of ether oxygens (including phenoxy) is 1. The third kappa shape index (κ3) is 4.90. The first-order valence-electron chi connectivity index (χ1n) is 12.5. The molecule has 0 fully saturated rings. The normalized spacial score (nSPS) is 17.9. The molecule has 2 aromatic carbocycles. The number of carboxylic acids is 2. The van der Waals surface area contributed by atoms with E-state index in [9.17, 15) is 24.3 Å². The fourth-order valence-corrected chi connectivity index (χ4v) is 6.01. The number of hydrogen-bond acceptors (Lipinski definition) is 6. The smallest absolute Gasteiger partial charge is 0.335 e. The van der Waals surface area contributed by atoms with Crippen molar-refractivity contribution < 1.29 is 34.1 Å². The Hall–Kier alpha value is -3.72. The summed E-state index contributed by atoms with van der Waals surface area (Å²) in [6.45, 7) is -0.134. The number of Topliss-reactive ketones (excluding diaryl/α,β-unsaturated/α-hetero) is 2. The molecule has 2 N–H and O–H groups in total. The van der Waals surface area contributed by atoms with Crippen LogP contribution >= 0.6 is 15.9 Å². The van der Waals surface area contributed by atoms with Crippen LogP contribution in [0.5, 0.6) is 5.75 Å². The molecule has 0 aromatic heterocycles. The molecular weight excluding hydrogens is 554 g/mol. The molecule has 2 aromatic rings. The Morgan fingerprint density at radius 3 is 2.05 bits per heavy atom. The van der Waals surface area contributed by atoms with Crippen molar-refractivity contribution in [1.82, 2.24) is 4.90 Å². The average Bonchev–Trinajstić information content (AvgIpc) is 2.88. The first-order chi connectivity index (χ1) is 18.2. The van der Waals surface area contributed by atoms with Crippen molar-refractivity contribution in [2.24, 2.45) is 0 Å². The molecule has 5 rings (SSSR count). The summed E-state index contributed by atoms with van der Waals surface area (Å²) in [7, 11) is 0. The maximum Gasteiger partial charge on any atom is 0.335 e. The Kier molecular flexibility index (Phi) is 7.21. The molecule has 0 spiro atoms. The van der Waals surface area contributed by atoms with Crippen LogP contribution in [0, 0.1) is 0 Å². The number of aromatic carboxylic acids is 1. The van der Waals surface area contributed by atoms with Crippen molar-refractivity contribution in [2.45, 2.75) is 51.0 Å². The average molecular weight is 580 g/mol. The molecule has 2 aliphatic carbocycles. The number of aliphatic carboxylic acids is 1. The zero-order valence-corrected chi connectivity index (χ0v) is 22.1. The van der Waals surface area contributed by atoms with Crippen LogP contribution in [0.4, 0.5) is 0 Å². The second kappa shape index (κ2) is 10.6. The quantitative estimate of drug-likeness (QED) is 0.457. The molecule has 0 amide bonds. The Labute approximate surface area is 227 Å². The number of carboxylic acid groups (broad SMARTS) is 2. The lowest BCUT2D eigenvalue weighted by molar-refractivity contribution is -0.138. The van der Waals surface area contributed by atoms with E-state index in [0.717, 1.165) is 10.0 Å². The van der Waals surface area contributed by atoms with Gasteiger partial charge in [-0.2, -0.15) is 0 Å². The molecule has 1 heterocycles. The Morgan fingerprint density at radius 2 is 1.50 bits per heavy atom. The van der Waals surface area contributed by atoms with Crippen LogP contribution in [0.25, 0.3) is 0 Å².